The number of nitrogens with zero attached hydrogens (tertiary/aromatic N) is 3. The molecule has 0 N–H and O–H groups in total. The lowest BCUT2D eigenvalue weighted by Gasteiger charge is -2.15. The van der Waals surface area contributed by atoms with Crippen molar-refractivity contribution in [2.45, 2.75) is 89.5 Å². The Labute approximate surface area is 495 Å². The molecule has 5 nitrogen and oxygen atoms in total. The Kier molecular flexibility index (Phi) is 15.8. The number of hydrogen-bond donors (Lipinski definition) is 0. The first kappa shape index (κ1) is 57.5. The van der Waals surface area contributed by atoms with E-state index in [1.807, 2.05) is 48.5 Å². The van der Waals surface area contributed by atoms with Gasteiger partial charge in [-0.25, -0.2) is 0 Å². The lowest BCUT2D eigenvalue weighted by molar-refractivity contribution is 0.574. The fourth-order valence-corrected chi connectivity index (χ4v) is 13.5. The molecular weight excluding hydrogens is 1030 g/mol. The van der Waals surface area contributed by atoms with Gasteiger partial charge in [-0.15, -0.1) is 0 Å². The van der Waals surface area contributed by atoms with Crippen molar-refractivity contribution in [2.24, 2.45) is 0 Å². The molecule has 416 valence electrons. The number of benzene rings is 10. The molecule has 6 heteroatoms. The highest BCUT2D eigenvalue weighted by atomic mass is 35.5. The van der Waals surface area contributed by atoms with Crippen molar-refractivity contribution < 1.29 is 8.83 Å². The van der Waals surface area contributed by atoms with Crippen LogP contribution in [0.4, 0.5) is 0 Å². The molecule has 0 saturated heterocycles. The van der Waals surface area contributed by atoms with E-state index >= 15 is 0 Å². The second kappa shape index (κ2) is 22.9. The van der Waals surface area contributed by atoms with Crippen molar-refractivity contribution in [1.29, 1.82) is 0 Å². The lowest BCUT2D eigenvalue weighted by Crippen LogP contribution is -1.94. The SMILES string of the molecule is Cc1cc(C)c(-c2ccc3c(c2)-c2cc(-c4c(C)cc(C)cc4C)ccc2C3)c(C)c1.Cc1cc(C)c(-c2ccc3c(c2)c2cc(-c4c(C)cc(C)cc4C)ccc2n3-c2nc3ccccc3o2)c(C)c1.Clc1nc2ccccc2o1.[CH3-].[CH3-]. The van der Waals surface area contributed by atoms with Crippen LogP contribution >= 0.6 is 11.6 Å². The molecule has 0 aliphatic heterocycles. The van der Waals surface area contributed by atoms with Crippen LogP contribution in [0.5, 0.6) is 0 Å². The Morgan fingerprint density at radius 1 is 0.361 bits per heavy atom. The molecule has 0 spiro atoms. The molecule has 13 aromatic rings. The number of hydrogen-bond acceptors (Lipinski definition) is 4. The predicted molar refractivity (Wildman–Crippen MR) is 353 cm³/mol. The zero-order valence-corrected chi connectivity index (χ0v) is 51.2. The summed E-state index contributed by atoms with van der Waals surface area (Å²) in [6, 6.07) is 62.0. The van der Waals surface area contributed by atoms with Crippen LogP contribution < -0.4 is 0 Å². The first-order valence-electron chi connectivity index (χ1n) is 28.0. The van der Waals surface area contributed by atoms with E-state index in [1.165, 1.54) is 144 Å². The molecule has 0 bridgehead atoms. The van der Waals surface area contributed by atoms with Crippen LogP contribution in [0.15, 0.2) is 179 Å². The highest BCUT2D eigenvalue weighted by Crippen LogP contribution is 2.44. The lowest BCUT2D eigenvalue weighted by atomic mass is 9.90. The minimum absolute atomic E-state index is 0. The molecule has 1 aliphatic carbocycles. The summed E-state index contributed by atoms with van der Waals surface area (Å²) in [5, 5.41) is 2.58. The fraction of sp³-hybridized carbons (Fsp3) is 0.169. The Morgan fingerprint density at radius 2 is 0.687 bits per heavy atom. The zero-order valence-electron chi connectivity index (χ0n) is 50.4. The molecule has 0 fully saturated rings. The van der Waals surface area contributed by atoms with E-state index in [1.54, 1.807) is 0 Å². The van der Waals surface area contributed by atoms with E-state index in [2.05, 4.69) is 214 Å². The van der Waals surface area contributed by atoms with Gasteiger partial charge in [0.15, 0.2) is 11.2 Å². The summed E-state index contributed by atoms with van der Waals surface area (Å²) < 4.78 is 13.5. The molecule has 0 radical (unpaired) electrons. The third-order valence-corrected chi connectivity index (χ3v) is 16.4. The normalized spacial score (nSPS) is 11.4. The van der Waals surface area contributed by atoms with E-state index in [-0.39, 0.29) is 20.2 Å². The predicted octanol–water partition coefficient (Wildman–Crippen LogP) is 21.9. The van der Waals surface area contributed by atoms with Gasteiger partial charge in [0.25, 0.3) is 5.35 Å². The molecule has 0 atom stereocenters. The second-order valence-electron chi connectivity index (χ2n) is 22.7. The third-order valence-electron chi connectivity index (χ3n) is 16.3. The Bertz CT molecular complexity index is 4280. The van der Waals surface area contributed by atoms with Crippen LogP contribution in [0.3, 0.4) is 0 Å². The number of para-hydroxylation sites is 4. The van der Waals surface area contributed by atoms with Gasteiger partial charge in [0.2, 0.25) is 0 Å². The minimum atomic E-state index is 0. The van der Waals surface area contributed by atoms with E-state index in [0.717, 1.165) is 39.7 Å². The number of aromatic nitrogens is 3. The quantitative estimate of drug-likeness (QED) is 0.161. The van der Waals surface area contributed by atoms with Gasteiger partial charge in [-0.3, -0.25) is 4.57 Å². The summed E-state index contributed by atoms with van der Waals surface area (Å²) in [7, 11) is 0. The number of rotatable bonds is 5. The van der Waals surface area contributed by atoms with Gasteiger partial charge in [-0.2, -0.15) is 9.97 Å². The summed E-state index contributed by atoms with van der Waals surface area (Å²) in [5.74, 6) is 0. The summed E-state index contributed by atoms with van der Waals surface area (Å²) in [5.41, 5.74) is 37.4. The molecule has 0 saturated carbocycles. The average molecular weight is 1110 g/mol. The first-order chi connectivity index (χ1) is 39.0. The van der Waals surface area contributed by atoms with E-state index in [9.17, 15) is 0 Å². The molecule has 83 heavy (non-hydrogen) atoms. The monoisotopic (exact) mass is 1110 g/mol. The molecule has 10 aromatic carbocycles. The standard InChI is InChI=1S/C37H32N2O.C31H30.C7H4ClNO.2CH3/c1-21-15-23(3)35(24(4)16-21)27-11-13-32-29(19-27)30-20-28(36-25(5)17-22(2)18-26(36)6)12-14-33(30)39(32)37-38-31-9-7-8-10-34(31)40-37;1-18-11-20(3)30(21(4)12-18)26-9-7-24-15-25-8-10-27(17-29(25)28(24)16-26)31-22(5)13-19(2)14-23(31)6;8-7-9-5-3-1-2-4-6(5)10-7;;/h7-20H,1-6H3;7-14,16-17H,15H2,1-6H3;1-4H;2*1H3/q;;;2*-1. The Morgan fingerprint density at radius 3 is 1.05 bits per heavy atom. The van der Waals surface area contributed by atoms with Crippen molar-refractivity contribution in [3.8, 4) is 61.6 Å². The van der Waals surface area contributed by atoms with Crippen LogP contribution in [-0.2, 0) is 6.42 Å². The molecule has 3 heterocycles. The third kappa shape index (κ3) is 10.8. The topological polar surface area (TPSA) is 57.0 Å². The smallest absolute Gasteiger partial charge is 0.307 e. The second-order valence-corrected chi connectivity index (χ2v) is 23.0. The van der Waals surface area contributed by atoms with Crippen LogP contribution in [0.25, 0.3) is 106 Å². The van der Waals surface area contributed by atoms with Gasteiger partial charge in [0, 0.05) is 10.8 Å². The van der Waals surface area contributed by atoms with Crippen LogP contribution in [0.1, 0.15) is 77.9 Å². The summed E-state index contributed by atoms with van der Waals surface area (Å²) >= 11 is 5.51. The molecule has 3 aromatic heterocycles. The van der Waals surface area contributed by atoms with Crippen LogP contribution in [-0.4, -0.2) is 14.5 Å². The largest absolute Gasteiger partial charge is 0.428 e. The minimum Gasteiger partial charge on any atom is -0.428 e. The highest BCUT2D eigenvalue weighted by molar-refractivity contribution is 6.28. The van der Waals surface area contributed by atoms with Gasteiger partial charge in [-0.05, 0) is 273 Å². The van der Waals surface area contributed by atoms with Crippen LogP contribution in [0.2, 0.25) is 5.35 Å². The fourth-order valence-electron chi connectivity index (χ4n) is 13.4. The molecule has 14 rings (SSSR count). The first-order valence-corrected chi connectivity index (χ1v) is 28.4. The highest BCUT2D eigenvalue weighted by Gasteiger charge is 2.23. The van der Waals surface area contributed by atoms with Crippen molar-refractivity contribution in [2.75, 3.05) is 0 Å². The number of oxazole rings is 2. The van der Waals surface area contributed by atoms with Crippen molar-refractivity contribution in [3.63, 3.8) is 0 Å². The summed E-state index contributed by atoms with van der Waals surface area (Å²) in [4.78, 5) is 8.80. The van der Waals surface area contributed by atoms with E-state index in [4.69, 9.17) is 25.4 Å². The van der Waals surface area contributed by atoms with Crippen molar-refractivity contribution in [1.82, 2.24) is 14.5 Å². The number of fused-ring (bicyclic) bond motifs is 8. The van der Waals surface area contributed by atoms with Crippen molar-refractivity contribution >= 4 is 55.6 Å². The summed E-state index contributed by atoms with van der Waals surface area (Å²) in [6.07, 6.45) is 1.03. The van der Waals surface area contributed by atoms with E-state index < -0.39 is 0 Å². The maximum Gasteiger partial charge on any atom is 0.307 e. The molecule has 0 unspecified atom stereocenters. The molecular formula is C77H72ClN3O2-2. The maximum absolute atomic E-state index is 6.31. The molecule has 0 amide bonds. The van der Waals surface area contributed by atoms with Gasteiger partial charge in [-0.1, -0.05) is 131 Å². The number of halogens is 1. The number of aryl methyl sites for hydroxylation is 12. The maximum atomic E-state index is 6.31. The van der Waals surface area contributed by atoms with Gasteiger partial charge in [0.1, 0.15) is 11.0 Å². The average Bonchev–Trinajstić information content (AvgIpc) is 2.73. The van der Waals surface area contributed by atoms with Gasteiger partial charge in [0.05, 0.1) is 11.0 Å². The Balaban J connectivity index is 0.000000158. The van der Waals surface area contributed by atoms with Gasteiger partial charge >= 0.3 is 6.01 Å². The summed E-state index contributed by atoms with van der Waals surface area (Å²) in [6.45, 7) is 26.5. The Hall–Kier alpha value is -8.77. The van der Waals surface area contributed by atoms with Crippen LogP contribution in [0, 0.1) is 97.9 Å². The molecule has 1 aliphatic rings. The van der Waals surface area contributed by atoms with E-state index in [0.29, 0.717) is 6.01 Å². The van der Waals surface area contributed by atoms with Gasteiger partial charge < -0.3 is 23.7 Å². The van der Waals surface area contributed by atoms with Crippen molar-refractivity contribution in [3.05, 3.63) is 268 Å². The zero-order chi connectivity index (χ0) is 56.5.